The van der Waals surface area contributed by atoms with Crippen LogP contribution < -0.4 is 31.9 Å². The highest BCUT2D eigenvalue weighted by Gasteiger charge is 2.61. The topological polar surface area (TPSA) is 191 Å². The van der Waals surface area contributed by atoms with Gasteiger partial charge in [-0.1, -0.05) is 101 Å². The lowest BCUT2D eigenvalue weighted by molar-refractivity contribution is -0.146. The van der Waals surface area contributed by atoms with Gasteiger partial charge >= 0.3 is 0 Å². The van der Waals surface area contributed by atoms with Crippen LogP contribution in [-0.2, 0) is 36.8 Å². The molecule has 408 valence electrons. The van der Waals surface area contributed by atoms with Crippen LogP contribution in [0.15, 0.2) is 48.5 Å². The molecule has 2 aliphatic carbocycles. The van der Waals surface area contributed by atoms with Crippen LogP contribution in [0.3, 0.4) is 0 Å². The van der Waals surface area contributed by atoms with Crippen molar-refractivity contribution in [1.29, 1.82) is 0 Å². The average Bonchev–Trinajstić information content (AvgIpc) is 4.08. The summed E-state index contributed by atoms with van der Waals surface area (Å²) < 4.78 is 0. The van der Waals surface area contributed by atoms with E-state index in [1.807, 2.05) is 85.1 Å². The molecule has 0 saturated carbocycles. The van der Waals surface area contributed by atoms with Gasteiger partial charge in [0.1, 0.15) is 30.4 Å². The first kappa shape index (κ1) is 55.9. The van der Waals surface area contributed by atoms with Gasteiger partial charge in [0.2, 0.25) is 29.5 Å². The van der Waals surface area contributed by atoms with Gasteiger partial charge in [0.05, 0.1) is 50.3 Å². The fourth-order valence-electron chi connectivity index (χ4n) is 13.4. The third-order valence-corrected chi connectivity index (χ3v) is 21.1. The number of nitrogens with one attached hydrogen (secondary N) is 6. The summed E-state index contributed by atoms with van der Waals surface area (Å²) in [5, 5.41) is 32.0. The van der Waals surface area contributed by atoms with Gasteiger partial charge in [-0.2, -0.15) is 0 Å². The molecule has 0 radical (unpaired) electrons. The van der Waals surface area contributed by atoms with Crippen molar-refractivity contribution in [2.45, 2.75) is 152 Å². The highest BCUT2D eigenvalue weighted by atomic mass is 32.2. The van der Waals surface area contributed by atoms with Crippen LogP contribution in [0.5, 0.6) is 0 Å². The first-order valence-electron chi connectivity index (χ1n) is 26.9. The zero-order valence-corrected chi connectivity index (χ0v) is 48.2. The molecule has 13 atom stereocenters. The van der Waals surface area contributed by atoms with Gasteiger partial charge in [0.25, 0.3) is 0 Å². The molecular formula is C55H78N10O6S4. The fraction of sp³-hybridized carbons (Fsp3) is 0.655. The van der Waals surface area contributed by atoms with E-state index in [-0.39, 0.29) is 47.0 Å². The van der Waals surface area contributed by atoms with Crippen LogP contribution in [0.2, 0.25) is 0 Å². The van der Waals surface area contributed by atoms with Crippen LogP contribution in [0, 0.1) is 22.7 Å². The molecule has 2 aromatic rings. The van der Waals surface area contributed by atoms with E-state index in [9.17, 15) is 24.3 Å². The van der Waals surface area contributed by atoms with Crippen molar-refractivity contribution in [3.8, 4) is 0 Å². The highest BCUT2D eigenvalue weighted by Crippen LogP contribution is 2.54. The van der Waals surface area contributed by atoms with Gasteiger partial charge in [0.15, 0.2) is 0 Å². The molecule has 0 spiro atoms. The smallest absolute Gasteiger partial charge is 0.246 e. The molecule has 5 aliphatic heterocycles. The number of carbonyl (C=O) groups excluding carboxylic acids is 5. The van der Waals surface area contributed by atoms with Crippen LogP contribution in [0.25, 0.3) is 0 Å². The predicted molar refractivity (Wildman–Crippen MR) is 304 cm³/mol. The number of nitrogens with zero attached hydrogens (tertiary/aromatic N) is 4. The minimum atomic E-state index is -0.941. The standard InChI is InChI=1S/C55H78N10O6S4/c1-30(56-8)47(72)58-38-18-24-74-40-28-53(3,4)43(64(40)51(38)70)45(66)60-41-34-16-12-10-14-32(34)26-36(41)49(68)62-20-22-63(23-21-62)50(69)37-27-33-15-11-13-17-35(33)42(37)61-46(67)44-54(5,6)29-55(7)65(44)52(71)39(19-25-75-55)59-48(73)31(2)57-9/h10-17,30-31,36-44,49,56-57,68H,18-29H2,1-9H3,(H,58,72)(H,59,73)(H,60,66)(H,61,67)/t30-,31-,36+,37+,38-,39-,40-,41-,42-,43+,44+,49?,55-/m0/s1. The number of thiocarbonyl (C=S) groups is 2. The summed E-state index contributed by atoms with van der Waals surface area (Å²) in [6.07, 6.45) is 2.54. The van der Waals surface area contributed by atoms with Gasteiger partial charge in [-0.05, 0) is 118 Å². The lowest BCUT2D eigenvalue weighted by Gasteiger charge is -2.42. The normalized spacial score (nSPS) is 32.2. The molecule has 9 rings (SSSR count). The summed E-state index contributed by atoms with van der Waals surface area (Å²) in [6, 6.07) is 11.9. The molecule has 1 unspecified atom stereocenters. The van der Waals surface area contributed by atoms with E-state index < -0.39 is 70.0 Å². The Kier molecular flexibility index (Phi) is 16.5. The zero-order valence-electron chi connectivity index (χ0n) is 44.9. The second-order valence-corrected chi connectivity index (χ2v) is 27.3. The number of carbonyl (C=O) groups is 5. The van der Waals surface area contributed by atoms with E-state index in [1.165, 1.54) is 0 Å². The van der Waals surface area contributed by atoms with Crippen molar-refractivity contribution in [1.82, 2.24) is 51.5 Å². The number of amides is 5. The number of thioether (sulfide) groups is 2. The zero-order chi connectivity index (χ0) is 53.9. The lowest BCUT2D eigenvalue weighted by atomic mass is 9.82. The molecule has 5 heterocycles. The molecule has 0 bridgehead atoms. The number of likely N-dealkylation sites (N-methyl/N-ethyl adjacent to an activating group) is 2. The number of benzene rings is 2. The Balaban J connectivity index is 0.886. The van der Waals surface area contributed by atoms with Crippen molar-refractivity contribution in [3.63, 3.8) is 0 Å². The third kappa shape index (κ3) is 10.7. The van der Waals surface area contributed by atoms with Gasteiger partial charge in [-0.25, -0.2) is 0 Å². The number of aliphatic hydroxyl groups is 1. The highest BCUT2D eigenvalue weighted by molar-refractivity contribution is 8.00. The van der Waals surface area contributed by atoms with E-state index in [0.717, 1.165) is 33.8 Å². The Morgan fingerprint density at radius 3 is 1.88 bits per heavy atom. The molecule has 20 heteroatoms. The van der Waals surface area contributed by atoms with Gasteiger partial charge in [0, 0.05) is 32.1 Å². The molecule has 7 aliphatic rings. The Hall–Kier alpha value is -3.89. The number of aliphatic hydroxyl groups excluding tert-OH is 1. The summed E-state index contributed by atoms with van der Waals surface area (Å²) in [7, 11) is 3.66. The second kappa shape index (κ2) is 22.1. The van der Waals surface area contributed by atoms with Crippen LogP contribution in [0.4, 0.5) is 0 Å². The summed E-state index contributed by atoms with van der Waals surface area (Å²) in [6.45, 7) is 15.8. The maximum absolute atomic E-state index is 15.0. The molecular weight excluding hydrogens is 1020 g/mol. The van der Waals surface area contributed by atoms with E-state index in [2.05, 4.69) is 72.6 Å². The van der Waals surface area contributed by atoms with Crippen molar-refractivity contribution < 1.29 is 29.1 Å². The van der Waals surface area contributed by atoms with Gasteiger partial charge < -0.3 is 51.7 Å². The van der Waals surface area contributed by atoms with Crippen molar-refractivity contribution in [3.05, 3.63) is 70.8 Å². The Morgan fingerprint density at radius 2 is 1.25 bits per heavy atom. The van der Waals surface area contributed by atoms with E-state index in [4.69, 9.17) is 24.4 Å². The summed E-state index contributed by atoms with van der Waals surface area (Å²) in [4.78, 5) is 82.0. The number of rotatable bonds is 13. The van der Waals surface area contributed by atoms with Crippen molar-refractivity contribution >= 4 is 87.5 Å². The van der Waals surface area contributed by atoms with Crippen molar-refractivity contribution in [2.24, 2.45) is 22.7 Å². The summed E-state index contributed by atoms with van der Waals surface area (Å²) in [5.74, 6) is -0.311. The van der Waals surface area contributed by atoms with Gasteiger partial charge in [-0.15, -0.1) is 23.5 Å². The Labute approximate surface area is 462 Å². The minimum absolute atomic E-state index is 0.0630. The third-order valence-electron chi connectivity index (χ3n) is 17.5. The first-order chi connectivity index (χ1) is 35.6. The number of fused-ring (bicyclic) bond motifs is 4. The van der Waals surface area contributed by atoms with E-state index >= 15 is 4.79 Å². The molecule has 2 aromatic carbocycles. The predicted octanol–water partition coefficient (Wildman–Crippen LogP) is 3.87. The van der Waals surface area contributed by atoms with Crippen LogP contribution >= 0.6 is 48.0 Å². The quantitative estimate of drug-likeness (QED) is 0.143. The molecule has 0 aromatic heterocycles. The number of hydrogen-bond donors (Lipinski definition) is 7. The molecule has 16 nitrogen and oxygen atoms in total. The molecule has 5 fully saturated rings. The number of piperazine rings is 1. The molecule has 7 N–H and O–H groups in total. The second-order valence-electron chi connectivity index (χ2n) is 23.5. The van der Waals surface area contributed by atoms with Crippen LogP contribution in [-0.4, -0.2) is 169 Å². The largest absolute Gasteiger partial charge is 0.378 e. The number of hydrogen-bond acceptors (Lipinski definition) is 13. The first-order valence-corrected chi connectivity index (χ1v) is 29.8. The van der Waals surface area contributed by atoms with Crippen molar-refractivity contribution in [2.75, 3.05) is 51.8 Å². The molecule has 5 amide bonds. The fourth-order valence-corrected chi connectivity index (χ4v) is 17.1. The monoisotopic (exact) mass is 1100 g/mol. The minimum Gasteiger partial charge on any atom is -0.378 e. The SMILES string of the molecule is CN[C@@H](C)C(=S)N[C@H]1CCS[C@H]2CC(C)(C)[C@@H](C(=O)N[C@H]3c4ccccc4C[C@H]3C(O)N3CCN(C(=O)[C@@H]4Cc5ccccc5[C@@H]4NC(=O)[C@H]4N5C(=O)[C@@H](NC(=S)[C@H](C)NC)CCS[C@@]5(C)CC4(C)C)CC3)N2C1=O. The lowest BCUT2D eigenvalue weighted by Crippen LogP contribution is -2.60. The van der Waals surface area contributed by atoms with Gasteiger partial charge in [-0.3, -0.25) is 28.9 Å². The summed E-state index contributed by atoms with van der Waals surface area (Å²) >= 11 is 14.8. The molecule has 75 heavy (non-hydrogen) atoms. The Morgan fingerprint density at radius 1 is 0.707 bits per heavy atom. The van der Waals surface area contributed by atoms with E-state index in [0.29, 0.717) is 74.7 Å². The Bertz CT molecular complexity index is 2560. The average molecular weight is 1100 g/mol. The molecule has 5 saturated heterocycles. The summed E-state index contributed by atoms with van der Waals surface area (Å²) in [5.41, 5.74) is 2.84. The van der Waals surface area contributed by atoms with Crippen LogP contribution in [0.1, 0.15) is 108 Å². The maximum atomic E-state index is 15.0. The maximum Gasteiger partial charge on any atom is 0.246 e. The van der Waals surface area contributed by atoms with E-state index in [1.54, 1.807) is 28.4 Å².